The number of halogens is 2. The number of nitrogens with zero attached hydrogens (tertiary/aromatic N) is 1. The first-order valence-electron chi connectivity index (χ1n) is 3.94. The van der Waals surface area contributed by atoms with Crippen LogP contribution in [0.2, 0.25) is 0 Å². The summed E-state index contributed by atoms with van der Waals surface area (Å²) in [5.41, 5.74) is 0. The van der Waals surface area contributed by atoms with E-state index in [9.17, 15) is 8.78 Å². The average molecular weight is 207 g/mol. The van der Waals surface area contributed by atoms with E-state index >= 15 is 0 Å². The molecule has 0 aromatic carbocycles. The summed E-state index contributed by atoms with van der Waals surface area (Å²) in [5.74, 6) is 0.212. The smallest absolute Gasteiger partial charge is 0.269 e. The summed E-state index contributed by atoms with van der Waals surface area (Å²) in [4.78, 5) is 4.18. The second-order valence-corrected chi connectivity index (χ2v) is 4.13. The Labute approximate surface area is 79.2 Å². The van der Waals surface area contributed by atoms with E-state index in [1.165, 1.54) is 6.20 Å². The molecule has 0 amide bonds. The second kappa shape index (κ2) is 4.11. The molecule has 1 unspecified atom stereocenters. The van der Waals surface area contributed by atoms with Crippen molar-refractivity contribution in [1.29, 1.82) is 0 Å². The number of hydrogen-bond acceptors (Lipinski definition) is 3. The molecule has 74 valence electrons. The van der Waals surface area contributed by atoms with Gasteiger partial charge in [-0.25, -0.2) is 13.8 Å². The molecule has 0 aliphatic rings. The van der Waals surface area contributed by atoms with Crippen molar-refractivity contribution < 1.29 is 13.9 Å². The van der Waals surface area contributed by atoms with Crippen molar-refractivity contribution in [2.24, 2.45) is 0 Å². The van der Waals surface area contributed by atoms with Gasteiger partial charge in [-0.1, -0.05) is 13.8 Å². The van der Waals surface area contributed by atoms with E-state index in [1.54, 1.807) is 0 Å². The van der Waals surface area contributed by atoms with Crippen molar-refractivity contribution in [2.75, 3.05) is 0 Å². The number of rotatable bonds is 3. The molecule has 0 spiro atoms. The van der Waals surface area contributed by atoms with Gasteiger partial charge in [-0.3, -0.25) is 0 Å². The fourth-order valence-corrected chi connectivity index (χ4v) is 1.74. The number of aliphatic hydroxyl groups excluding tert-OH is 1. The molecular weight excluding hydrogens is 196 g/mol. The van der Waals surface area contributed by atoms with Gasteiger partial charge in [-0.15, -0.1) is 11.3 Å². The van der Waals surface area contributed by atoms with Crippen LogP contribution in [0.3, 0.4) is 0 Å². The van der Waals surface area contributed by atoms with Crippen LogP contribution in [0.5, 0.6) is 0 Å². The zero-order valence-corrected chi connectivity index (χ0v) is 8.18. The minimum absolute atomic E-state index is 0.212. The first-order valence-corrected chi connectivity index (χ1v) is 4.76. The summed E-state index contributed by atoms with van der Waals surface area (Å²) in [6.07, 6.45) is -3.11. The molecule has 0 radical (unpaired) electrons. The van der Waals surface area contributed by atoms with Crippen molar-refractivity contribution in [3.8, 4) is 0 Å². The Morgan fingerprint density at radius 2 is 2.08 bits per heavy atom. The Morgan fingerprint density at radius 3 is 2.46 bits per heavy atom. The quantitative estimate of drug-likeness (QED) is 0.826. The number of alkyl halides is 2. The van der Waals surface area contributed by atoms with Crippen LogP contribution < -0.4 is 0 Å². The molecule has 1 rings (SSSR count). The van der Waals surface area contributed by atoms with Crippen LogP contribution in [-0.4, -0.2) is 16.5 Å². The summed E-state index contributed by atoms with van der Waals surface area (Å²) in [5, 5.41) is 9.79. The summed E-state index contributed by atoms with van der Waals surface area (Å²) < 4.78 is 24.1. The maximum Gasteiger partial charge on any atom is 0.269 e. The molecule has 13 heavy (non-hydrogen) atoms. The van der Waals surface area contributed by atoms with Gasteiger partial charge >= 0.3 is 0 Å². The minimum atomic E-state index is -2.74. The van der Waals surface area contributed by atoms with Gasteiger partial charge < -0.3 is 5.11 Å². The van der Waals surface area contributed by atoms with Gasteiger partial charge in [0.1, 0.15) is 0 Å². The minimum Gasteiger partial charge on any atom is -0.382 e. The van der Waals surface area contributed by atoms with Crippen molar-refractivity contribution >= 4 is 11.3 Å². The van der Waals surface area contributed by atoms with E-state index in [0.717, 1.165) is 16.3 Å². The van der Waals surface area contributed by atoms with E-state index < -0.39 is 12.5 Å². The van der Waals surface area contributed by atoms with E-state index in [0.29, 0.717) is 0 Å². The monoisotopic (exact) mass is 207 g/mol. The van der Waals surface area contributed by atoms with Gasteiger partial charge in [0.15, 0.2) is 6.10 Å². The van der Waals surface area contributed by atoms with Crippen molar-refractivity contribution in [2.45, 2.75) is 32.3 Å². The number of hydrogen-bond donors (Lipinski definition) is 1. The first-order chi connectivity index (χ1) is 6.02. The predicted octanol–water partition coefficient (Wildman–Crippen LogP) is 2.57. The third kappa shape index (κ3) is 2.45. The highest BCUT2D eigenvalue weighted by atomic mass is 32.1. The highest BCUT2D eigenvalue weighted by molar-refractivity contribution is 7.11. The topological polar surface area (TPSA) is 33.1 Å². The predicted molar refractivity (Wildman–Crippen MR) is 47.2 cm³/mol. The molecule has 1 heterocycles. The van der Waals surface area contributed by atoms with Gasteiger partial charge in [0.2, 0.25) is 0 Å². The van der Waals surface area contributed by atoms with Crippen LogP contribution >= 0.6 is 11.3 Å². The molecule has 1 aromatic heterocycles. The molecule has 1 aromatic rings. The lowest BCUT2D eigenvalue weighted by molar-refractivity contribution is -0.00381. The standard InChI is InChI=1S/C8H11F2NOS/c1-4(2)8-11-3-5(13-8)6(12)7(9)10/h3-4,6-7,12H,1-2H3. The lowest BCUT2D eigenvalue weighted by atomic mass is 10.2. The number of aliphatic hydroxyl groups is 1. The van der Waals surface area contributed by atoms with E-state index in [4.69, 9.17) is 5.11 Å². The van der Waals surface area contributed by atoms with Gasteiger partial charge in [-0.2, -0.15) is 0 Å². The largest absolute Gasteiger partial charge is 0.382 e. The molecule has 0 bridgehead atoms. The molecule has 0 saturated carbocycles. The Bertz CT molecular complexity index is 275. The zero-order chi connectivity index (χ0) is 10.0. The SMILES string of the molecule is CC(C)c1ncc(C(O)C(F)F)s1. The summed E-state index contributed by atoms with van der Waals surface area (Å²) in [7, 11) is 0. The normalized spacial score (nSPS) is 14.1. The molecule has 2 nitrogen and oxygen atoms in total. The molecule has 1 atom stereocenters. The highest BCUT2D eigenvalue weighted by Crippen LogP contribution is 2.28. The van der Waals surface area contributed by atoms with Crippen LogP contribution in [0.1, 0.15) is 35.8 Å². The van der Waals surface area contributed by atoms with Crippen molar-refractivity contribution in [3.63, 3.8) is 0 Å². The van der Waals surface area contributed by atoms with Crippen LogP contribution in [-0.2, 0) is 0 Å². The average Bonchev–Trinajstić information content (AvgIpc) is 2.50. The fraction of sp³-hybridized carbons (Fsp3) is 0.625. The van der Waals surface area contributed by atoms with Gasteiger partial charge in [0, 0.05) is 12.1 Å². The van der Waals surface area contributed by atoms with Crippen molar-refractivity contribution in [1.82, 2.24) is 4.98 Å². The Kier molecular flexibility index (Phi) is 3.33. The van der Waals surface area contributed by atoms with Gasteiger partial charge in [-0.05, 0) is 0 Å². The summed E-state index contributed by atoms with van der Waals surface area (Å²) in [6.45, 7) is 3.86. The van der Waals surface area contributed by atoms with Crippen LogP contribution in [0.25, 0.3) is 0 Å². The Morgan fingerprint density at radius 1 is 1.46 bits per heavy atom. The van der Waals surface area contributed by atoms with E-state index in [-0.39, 0.29) is 10.8 Å². The van der Waals surface area contributed by atoms with E-state index in [2.05, 4.69) is 4.98 Å². The Hall–Kier alpha value is -0.550. The maximum atomic E-state index is 12.1. The Balaban J connectivity index is 2.79. The van der Waals surface area contributed by atoms with Gasteiger partial charge in [0.05, 0.1) is 9.88 Å². The molecule has 0 fully saturated rings. The third-order valence-corrected chi connectivity index (χ3v) is 2.93. The molecule has 0 aliphatic carbocycles. The van der Waals surface area contributed by atoms with Crippen LogP contribution in [0, 0.1) is 0 Å². The number of thiazole rings is 1. The maximum absolute atomic E-state index is 12.1. The zero-order valence-electron chi connectivity index (χ0n) is 7.37. The fourth-order valence-electron chi connectivity index (χ4n) is 0.829. The molecular formula is C8H11F2NOS. The van der Waals surface area contributed by atoms with Gasteiger partial charge in [0.25, 0.3) is 6.43 Å². The summed E-state index contributed by atoms with van der Waals surface area (Å²) >= 11 is 1.14. The van der Waals surface area contributed by atoms with Crippen LogP contribution in [0.4, 0.5) is 8.78 Å². The lowest BCUT2D eigenvalue weighted by Gasteiger charge is -2.04. The number of aromatic nitrogens is 1. The molecule has 1 N–H and O–H groups in total. The molecule has 5 heteroatoms. The van der Waals surface area contributed by atoms with Crippen molar-refractivity contribution in [3.05, 3.63) is 16.1 Å². The highest BCUT2D eigenvalue weighted by Gasteiger charge is 2.21. The second-order valence-electron chi connectivity index (χ2n) is 3.03. The third-order valence-electron chi connectivity index (χ3n) is 1.57. The molecule has 0 saturated heterocycles. The van der Waals surface area contributed by atoms with E-state index in [1.807, 2.05) is 13.8 Å². The first kappa shape index (κ1) is 10.5. The molecule has 0 aliphatic heterocycles. The van der Waals surface area contributed by atoms with Crippen LogP contribution in [0.15, 0.2) is 6.20 Å². The summed E-state index contributed by atoms with van der Waals surface area (Å²) in [6, 6.07) is 0. The lowest BCUT2D eigenvalue weighted by Crippen LogP contribution is -2.05.